The van der Waals surface area contributed by atoms with Crippen LogP contribution < -0.4 is 4.57 Å². The van der Waals surface area contributed by atoms with E-state index in [9.17, 15) is 8.42 Å². The molecule has 1 N–H and O–H groups in total. The molecule has 0 unspecified atom stereocenters. The fourth-order valence-electron chi connectivity index (χ4n) is 1.33. The molecule has 0 aliphatic rings. The molecule has 0 saturated heterocycles. The Labute approximate surface area is 94.5 Å². The van der Waals surface area contributed by atoms with E-state index in [0.717, 1.165) is 0 Å². The first-order chi connectivity index (χ1) is 7.51. The van der Waals surface area contributed by atoms with Gasteiger partial charge < -0.3 is 0 Å². The summed E-state index contributed by atoms with van der Waals surface area (Å²) in [6, 6.07) is 2.02. The lowest BCUT2D eigenvalue weighted by Gasteiger charge is -1.96. The summed E-state index contributed by atoms with van der Waals surface area (Å²) < 4.78 is 33.0. The Morgan fingerprint density at radius 3 is 2.81 bits per heavy atom. The van der Waals surface area contributed by atoms with Gasteiger partial charge in [0.25, 0.3) is 10.1 Å². The van der Waals surface area contributed by atoms with Crippen molar-refractivity contribution in [2.24, 2.45) is 0 Å². The molecular weight excluding hydrogens is 230 g/mol. The lowest BCUT2D eigenvalue weighted by Crippen LogP contribution is -2.31. The molecule has 1 heterocycles. The van der Waals surface area contributed by atoms with Crippen molar-refractivity contribution in [2.75, 3.05) is 5.75 Å². The van der Waals surface area contributed by atoms with Gasteiger partial charge in [-0.2, -0.15) is 13.7 Å². The molecule has 0 amide bonds. The van der Waals surface area contributed by atoms with Crippen molar-refractivity contribution in [3.63, 3.8) is 0 Å². The molecule has 1 aromatic heterocycles. The van der Waals surface area contributed by atoms with E-state index in [2.05, 4.69) is 0 Å². The molecule has 1 rings (SSSR count). The highest BCUT2D eigenvalue weighted by atomic mass is 32.2. The molecule has 88 valence electrons. The first kappa shape index (κ1) is 12.7. The van der Waals surface area contributed by atoms with Gasteiger partial charge in [-0.25, -0.2) is 9.13 Å². The van der Waals surface area contributed by atoms with Gasteiger partial charge in [0.1, 0.15) is 18.5 Å². The third kappa shape index (κ3) is 4.91. The molecule has 0 bridgehead atoms. The summed E-state index contributed by atoms with van der Waals surface area (Å²) in [5.74, 6) is -0.202. The Bertz CT molecular complexity index is 472. The Morgan fingerprint density at radius 1 is 1.44 bits per heavy atom. The third-order valence-corrected chi connectivity index (χ3v) is 2.87. The van der Waals surface area contributed by atoms with Crippen molar-refractivity contribution in [1.29, 1.82) is 5.26 Å². The minimum Gasteiger partial charge on any atom is -0.286 e. The third-order valence-electron chi connectivity index (χ3n) is 2.07. The number of aromatic nitrogens is 2. The number of aryl methyl sites for hydroxylation is 1. The fraction of sp³-hybridized carbons (Fsp3) is 0.556. The molecule has 0 aliphatic heterocycles. The number of unbranched alkanes of at least 4 members (excludes halogenated alkanes) is 1. The maximum atomic E-state index is 10.4. The molecule has 0 atom stereocenters. The highest BCUT2D eigenvalue weighted by Crippen LogP contribution is 1.94. The molecule has 7 heteroatoms. The number of rotatable bonds is 6. The van der Waals surface area contributed by atoms with Crippen LogP contribution in [-0.4, -0.2) is 23.3 Å². The summed E-state index contributed by atoms with van der Waals surface area (Å²) in [5, 5.41) is 8.46. The van der Waals surface area contributed by atoms with Crippen molar-refractivity contribution in [3.8, 4) is 6.07 Å². The van der Waals surface area contributed by atoms with Crippen molar-refractivity contribution in [3.05, 3.63) is 18.7 Å². The van der Waals surface area contributed by atoms with E-state index < -0.39 is 10.1 Å². The molecule has 0 radical (unpaired) electrons. The number of imidazole rings is 1. The van der Waals surface area contributed by atoms with Gasteiger partial charge >= 0.3 is 0 Å². The Morgan fingerprint density at radius 2 is 2.19 bits per heavy atom. The summed E-state index contributed by atoms with van der Waals surface area (Å²) >= 11 is 0. The van der Waals surface area contributed by atoms with E-state index in [0.29, 0.717) is 25.9 Å². The number of hydrogen-bond donors (Lipinski definition) is 1. The molecular formula is C9H14N3O3S+. The summed E-state index contributed by atoms with van der Waals surface area (Å²) in [5.41, 5.74) is 0. The summed E-state index contributed by atoms with van der Waals surface area (Å²) in [4.78, 5) is 0. The molecule has 0 spiro atoms. The summed E-state index contributed by atoms with van der Waals surface area (Å²) in [7, 11) is -3.84. The van der Waals surface area contributed by atoms with Crippen LogP contribution in [0.5, 0.6) is 0 Å². The van der Waals surface area contributed by atoms with E-state index in [4.69, 9.17) is 9.81 Å². The topological polar surface area (TPSA) is 87.0 Å². The van der Waals surface area contributed by atoms with Gasteiger partial charge in [-0.3, -0.25) is 4.55 Å². The molecule has 0 aromatic carbocycles. The van der Waals surface area contributed by atoms with Crippen LogP contribution in [-0.2, 0) is 23.2 Å². The molecule has 1 aromatic rings. The number of nitrogens with zero attached hydrogens (tertiary/aromatic N) is 3. The van der Waals surface area contributed by atoms with Gasteiger partial charge in [0.15, 0.2) is 6.54 Å². The zero-order valence-corrected chi connectivity index (χ0v) is 9.60. The first-order valence-electron chi connectivity index (χ1n) is 4.88. The molecule has 0 aliphatic carbocycles. The van der Waals surface area contributed by atoms with Crippen LogP contribution in [0.25, 0.3) is 0 Å². The minimum atomic E-state index is -3.84. The minimum absolute atomic E-state index is 0.202. The second-order valence-electron chi connectivity index (χ2n) is 3.48. The van der Waals surface area contributed by atoms with Crippen LogP contribution >= 0.6 is 0 Å². The SMILES string of the molecule is N#CCn1cc[n+](CCCCS(=O)(=O)O)c1. The van der Waals surface area contributed by atoms with E-state index >= 15 is 0 Å². The lowest BCUT2D eigenvalue weighted by molar-refractivity contribution is -0.696. The maximum Gasteiger partial charge on any atom is 0.264 e. The van der Waals surface area contributed by atoms with Gasteiger partial charge in [-0.15, -0.1) is 0 Å². The van der Waals surface area contributed by atoms with Gasteiger partial charge in [-0.1, -0.05) is 0 Å². The quantitative estimate of drug-likeness (QED) is 0.432. The zero-order chi connectivity index (χ0) is 12.0. The van der Waals surface area contributed by atoms with Crippen LogP contribution in [0.4, 0.5) is 0 Å². The Hall–Kier alpha value is -1.39. The highest BCUT2D eigenvalue weighted by molar-refractivity contribution is 7.85. The van der Waals surface area contributed by atoms with Gasteiger partial charge in [0.05, 0.1) is 12.3 Å². The van der Waals surface area contributed by atoms with Crippen molar-refractivity contribution in [2.45, 2.75) is 25.9 Å². The van der Waals surface area contributed by atoms with E-state index in [-0.39, 0.29) is 5.75 Å². The molecule has 0 saturated carbocycles. The van der Waals surface area contributed by atoms with Crippen molar-refractivity contribution < 1.29 is 17.5 Å². The van der Waals surface area contributed by atoms with Gasteiger partial charge in [-0.05, 0) is 12.8 Å². The average Bonchev–Trinajstić information content (AvgIpc) is 2.60. The second kappa shape index (κ2) is 5.63. The number of hydrogen-bond acceptors (Lipinski definition) is 3. The van der Waals surface area contributed by atoms with Gasteiger partial charge in [0, 0.05) is 0 Å². The van der Waals surface area contributed by atoms with Crippen LogP contribution in [0.3, 0.4) is 0 Å². The predicted molar refractivity (Wildman–Crippen MR) is 55.9 cm³/mol. The molecule has 0 fully saturated rings. The standard InChI is InChI=1S/C9H13N3O3S/c10-3-5-12-7-6-11(9-12)4-1-2-8-16(13,14)15/h6-7,9H,1-2,4-5,8H2/p+1. The van der Waals surface area contributed by atoms with Crippen molar-refractivity contribution in [1.82, 2.24) is 4.57 Å². The van der Waals surface area contributed by atoms with Crippen molar-refractivity contribution >= 4 is 10.1 Å². The maximum absolute atomic E-state index is 10.4. The molecule has 6 nitrogen and oxygen atoms in total. The monoisotopic (exact) mass is 244 g/mol. The van der Waals surface area contributed by atoms with E-state index in [1.807, 2.05) is 16.8 Å². The smallest absolute Gasteiger partial charge is 0.264 e. The van der Waals surface area contributed by atoms with Crippen LogP contribution in [0, 0.1) is 11.3 Å². The fourth-order valence-corrected chi connectivity index (χ4v) is 1.89. The second-order valence-corrected chi connectivity index (χ2v) is 5.05. The molecule has 16 heavy (non-hydrogen) atoms. The van der Waals surface area contributed by atoms with Crippen LogP contribution in [0.15, 0.2) is 18.7 Å². The van der Waals surface area contributed by atoms with Crippen LogP contribution in [0.1, 0.15) is 12.8 Å². The normalized spacial score (nSPS) is 11.2. The lowest BCUT2D eigenvalue weighted by atomic mass is 10.3. The first-order valence-corrected chi connectivity index (χ1v) is 6.49. The number of nitriles is 1. The predicted octanol–water partition coefficient (Wildman–Crippen LogP) is -0.0328. The average molecular weight is 244 g/mol. The van der Waals surface area contributed by atoms with E-state index in [1.54, 1.807) is 17.1 Å². The van der Waals surface area contributed by atoms with E-state index in [1.165, 1.54) is 0 Å². The zero-order valence-electron chi connectivity index (χ0n) is 8.78. The largest absolute Gasteiger partial charge is 0.286 e. The highest BCUT2D eigenvalue weighted by Gasteiger charge is 2.06. The summed E-state index contributed by atoms with van der Waals surface area (Å²) in [6.45, 7) is 0.978. The summed E-state index contributed by atoms with van der Waals surface area (Å²) in [6.07, 6.45) is 6.49. The van der Waals surface area contributed by atoms with Gasteiger partial charge in [0.2, 0.25) is 6.33 Å². The van der Waals surface area contributed by atoms with Crippen LogP contribution in [0.2, 0.25) is 0 Å². The Kier molecular flexibility index (Phi) is 4.46. The Balaban J connectivity index is 2.30.